The maximum Gasteiger partial charge on any atom is 0.203 e. The van der Waals surface area contributed by atoms with Crippen molar-refractivity contribution in [1.82, 2.24) is 14.5 Å². The molecule has 1 aromatic heterocycles. The Hall–Kier alpha value is -1.55. The Bertz CT molecular complexity index is 542. The molecular weight excluding hydrogens is 248 g/mol. The summed E-state index contributed by atoms with van der Waals surface area (Å²) in [5, 5.41) is 3.47. The van der Waals surface area contributed by atoms with Crippen molar-refractivity contribution < 1.29 is 0 Å². The highest BCUT2D eigenvalue weighted by atomic mass is 15.2. The number of aromatic nitrogens is 2. The molecule has 0 amide bonds. The number of para-hydroxylation sites is 2. The SMILES string of the molecule is CC(C)CCn1c(NCCN(C)C)nc2ccccc21. The number of imidazole rings is 1. The van der Waals surface area contributed by atoms with E-state index in [9.17, 15) is 0 Å². The van der Waals surface area contributed by atoms with Crippen molar-refractivity contribution in [3.8, 4) is 0 Å². The first-order chi connectivity index (χ1) is 9.58. The fraction of sp³-hybridized carbons (Fsp3) is 0.562. The van der Waals surface area contributed by atoms with Crippen LogP contribution in [0.1, 0.15) is 20.3 Å². The lowest BCUT2D eigenvalue weighted by molar-refractivity contribution is 0.424. The number of rotatable bonds is 7. The molecule has 20 heavy (non-hydrogen) atoms. The molecule has 1 heterocycles. The zero-order valence-corrected chi connectivity index (χ0v) is 13.1. The third-order valence-electron chi connectivity index (χ3n) is 3.43. The summed E-state index contributed by atoms with van der Waals surface area (Å²) in [6, 6.07) is 8.36. The minimum Gasteiger partial charge on any atom is -0.354 e. The molecule has 4 nitrogen and oxygen atoms in total. The molecule has 0 unspecified atom stereocenters. The van der Waals surface area contributed by atoms with Crippen LogP contribution in [-0.4, -0.2) is 41.6 Å². The lowest BCUT2D eigenvalue weighted by Gasteiger charge is -2.14. The highest BCUT2D eigenvalue weighted by Gasteiger charge is 2.10. The predicted molar refractivity (Wildman–Crippen MR) is 86.2 cm³/mol. The average molecular weight is 274 g/mol. The molecular formula is C16H26N4. The van der Waals surface area contributed by atoms with Crippen LogP contribution in [0.3, 0.4) is 0 Å². The van der Waals surface area contributed by atoms with Gasteiger partial charge in [0.05, 0.1) is 11.0 Å². The molecule has 0 fully saturated rings. The van der Waals surface area contributed by atoms with Crippen LogP contribution in [0.5, 0.6) is 0 Å². The number of hydrogen-bond donors (Lipinski definition) is 1. The Morgan fingerprint density at radius 2 is 2.00 bits per heavy atom. The van der Waals surface area contributed by atoms with Gasteiger partial charge in [0.1, 0.15) is 0 Å². The molecule has 4 heteroatoms. The topological polar surface area (TPSA) is 33.1 Å². The van der Waals surface area contributed by atoms with Gasteiger partial charge in [-0.2, -0.15) is 0 Å². The van der Waals surface area contributed by atoms with E-state index >= 15 is 0 Å². The molecule has 2 aromatic rings. The second-order valence-electron chi connectivity index (χ2n) is 5.99. The third kappa shape index (κ3) is 3.73. The van der Waals surface area contributed by atoms with Gasteiger partial charge in [0.25, 0.3) is 0 Å². The quantitative estimate of drug-likeness (QED) is 0.842. The summed E-state index contributed by atoms with van der Waals surface area (Å²) in [7, 11) is 4.17. The van der Waals surface area contributed by atoms with Crippen LogP contribution in [0.4, 0.5) is 5.95 Å². The first-order valence-electron chi connectivity index (χ1n) is 7.42. The highest BCUT2D eigenvalue weighted by Crippen LogP contribution is 2.20. The van der Waals surface area contributed by atoms with Gasteiger partial charge in [-0.25, -0.2) is 4.98 Å². The van der Waals surface area contributed by atoms with E-state index in [0.29, 0.717) is 5.92 Å². The molecule has 0 bridgehead atoms. The molecule has 0 aliphatic heterocycles. The first kappa shape index (κ1) is 14.9. The van der Waals surface area contributed by atoms with E-state index in [0.717, 1.165) is 31.1 Å². The minimum atomic E-state index is 0.700. The second-order valence-corrected chi connectivity index (χ2v) is 5.99. The second kappa shape index (κ2) is 6.75. The van der Waals surface area contributed by atoms with E-state index < -0.39 is 0 Å². The van der Waals surface area contributed by atoms with Gasteiger partial charge in [0.15, 0.2) is 0 Å². The largest absolute Gasteiger partial charge is 0.354 e. The Balaban J connectivity index is 2.19. The Morgan fingerprint density at radius 3 is 2.70 bits per heavy atom. The number of fused-ring (bicyclic) bond motifs is 1. The van der Waals surface area contributed by atoms with E-state index in [2.05, 4.69) is 60.9 Å². The van der Waals surface area contributed by atoms with Crippen LogP contribution in [-0.2, 0) is 6.54 Å². The summed E-state index contributed by atoms with van der Waals surface area (Å²) in [4.78, 5) is 6.90. The van der Waals surface area contributed by atoms with Gasteiger partial charge in [-0.1, -0.05) is 26.0 Å². The molecule has 0 atom stereocenters. The molecule has 0 aliphatic carbocycles. The molecule has 0 spiro atoms. The van der Waals surface area contributed by atoms with Crippen LogP contribution in [0.2, 0.25) is 0 Å². The molecule has 110 valence electrons. The Morgan fingerprint density at radius 1 is 1.25 bits per heavy atom. The zero-order chi connectivity index (χ0) is 14.5. The van der Waals surface area contributed by atoms with E-state index in [1.54, 1.807) is 0 Å². The number of aryl methyl sites for hydroxylation is 1. The first-order valence-corrected chi connectivity index (χ1v) is 7.42. The van der Waals surface area contributed by atoms with E-state index in [1.807, 2.05) is 6.07 Å². The van der Waals surface area contributed by atoms with Crippen LogP contribution in [0.25, 0.3) is 11.0 Å². The lowest BCUT2D eigenvalue weighted by atomic mass is 10.1. The maximum atomic E-state index is 4.72. The molecule has 0 aliphatic rings. The fourth-order valence-electron chi connectivity index (χ4n) is 2.22. The van der Waals surface area contributed by atoms with Crippen molar-refractivity contribution in [3.63, 3.8) is 0 Å². The summed E-state index contributed by atoms with van der Waals surface area (Å²) in [5.41, 5.74) is 2.30. The Labute approximate surface area is 121 Å². The van der Waals surface area contributed by atoms with Crippen LogP contribution in [0.15, 0.2) is 24.3 Å². The minimum absolute atomic E-state index is 0.700. The molecule has 2 rings (SSSR count). The van der Waals surface area contributed by atoms with Crippen molar-refractivity contribution in [2.24, 2.45) is 5.92 Å². The van der Waals surface area contributed by atoms with Crippen LogP contribution >= 0.6 is 0 Å². The highest BCUT2D eigenvalue weighted by molar-refractivity contribution is 5.78. The summed E-state index contributed by atoms with van der Waals surface area (Å²) in [6.45, 7) is 7.46. The Kier molecular flexibility index (Phi) is 5.01. The van der Waals surface area contributed by atoms with Crippen molar-refractivity contribution in [2.45, 2.75) is 26.8 Å². The maximum absolute atomic E-state index is 4.72. The number of hydrogen-bond acceptors (Lipinski definition) is 3. The third-order valence-corrected chi connectivity index (χ3v) is 3.43. The number of benzene rings is 1. The van der Waals surface area contributed by atoms with Gasteiger partial charge in [-0.05, 0) is 38.6 Å². The number of nitrogens with zero attached hydrogens (tertiary/aromatic N) is 3. The molecule has 1 aromatic carbocycles. The monoisotopic (exact) mass is 274 g/mol. The molecule has 0 saturated heterocycles. The number of nitrogens with one attached hydrogen (secondary N) is 1. The van der Waals surface area contributed by atoms with E-state index in [1.165, 1.54) is 11.9 Å². The van der Waals surface area contributed by atoms with Gasteiger partial charge in [0, 0.05) is 19.6 Å². The van der Waals surface area contributed by atoms with Gasteiger partial charge < -0.3 is 14.8 Å². The van der Waals surface area contributed by atoms with Gasteiger partial charge in [-0.15, -0.1) is 0 Å². The van der Waals surface area contributed by atoms with Crippen molar-refractivity contribution in [2.75, 3.05) is 32.5 Å². The smallest absolute Gasteiger partial charge is 0.203 e. The zero-order valence-electron chi connectivity index (χ0n) is 13.1. The van der Waals surface area contributed by atoms with Gasteiger partial charge in [-0.3, -0.25) is 0 Å². The van der Waals surface area contributed by atoms with Crippen LogP contribution < -0.4 is 5.32 Å². The fourth-order valence-corrected chi connectivity index (χ4v) is 2.22. The normalized spacial score (nSPS) is 11.7. The molecule has 0 saturated carbocycles. The number of anilines is 1. The summed E-state index contributed by atoms with van der Waals surface area (Å²) in [6.07, 6.45) is 1.17. The lowest BCUT2D eigenvalue weighted by Crippen LogP contribution is -2.22. The summed E-state index contributed by atoms with van der Waals surface area (Å²) < 4.78 is 2.31. The summed E-state index contributed by atoms with van der Waals surface area (Å²) in [5.74, 6) is 1.69. The molecule has 0 radical (unpaired) electrons. The van der Waals surface area contributed by atoms with Crippen molar-refractivity contribution >= 4 is 17.0 Å². The van der Waals surface area contributed by atoms with Crippen LogP contribution in [0, 0.1) is 5.92 Å². The summed E-state index contributed by atoms with van der Waals surface area (Å²) >= 11 is 0. The predicted octanol–water partition coefficient (Wildman–Crippen LogP) is 3.06. The average Bonchev–Trinajstić information content (AvgIpc) is 2.73. The van der Waals surface area contributed by atoms with Crippen molar-refractivity contribution in [1.29, 1.82) is 0 Å². The number of likely N-dealkylation sites (N-methyl/N-ethyl adjacent to an activating group) is 1. The van der Waals surface area contributed by atoms with Crippen molar-refractivity contribution in [3.05, 3.63) is 24.3 Å². The van der Waals surface area contributed by atoms with E-state index in [4.69, 9.17) is 4.98 Å². The molecule has 1 N–H and O–H groups in total. The van der Waals surface area contributed by atoms with Gasteiger partial charge in [0.2, 0.25) is 5.95 Å². The standard InChI is InChI=1S/C16H26N4/c1-13(2)9-11-20-15-8-6-5-7-14(15)18-16(20)17-10-12-19(3)4/h5-8,13H,9-12H2,1-4H3,(H,17,18). The van der Waals surface area contributed by atoms with E-state index in [-0.39, 0.29) is 0 Å². The van der Waals surface area contributed by atoms with Gasteiger partial charge >= 0.3 is 0 Å².